The molecule has 0 N–H and O–H groups in total. The van der Waals surface area contributed by atoms with Crippen LogP contribution in [0.3, 0.4) is 0 Å². The maximum absolute atomic E-state index is 12.5. The number of fused-ring (bicyclic) bond motifs is 1. The van der Waals surface area contributed by atoms with Gasteiger partial charge in [-0.1, -0.05) is 60.7 Å². The molecule has 1 aromatic heterocycles. The molecule has 140 valence electrons. The highest BCUT2D eigenvalue weighted by atomic mass is 32.2. The third kappa shape index (κ3) is 3.87. The number of rotatable bonds is 4. The van der Waals surface area contributed by atoms with Crippen LogP contribution >= 0.6 is 0 Å². The average molecular weight is 389 g/mol. The Labute approximate surface area is 164 Å². The van der Waals surface area contributed by atoms with Crippen LogP contribution in [0.5, 0.6) is 0 Å². The van der Waals surface area contributed by atoms with Crippen LogP contribution in [0.25, 0.3) is 11.3 Å². The average Bonchev–Trinajstić information content (AvgIpc) is 2.89. The summed E-state index contributed by atoms with van der Waals surface area (Å²) in [5.41, 5.74) is 4.45. The predicted octanol–water partition coefficient (Wildman–Crippen LogP) is 4.03. The molecule has 5 nitrogen and oxygen atoms in total. The molecule has 2 aromatic carbocycles. The standard InChI is InChI=1S/C22H19N3O2S/c1-28(26,27)25-16-19(14-17-8-4-2-5-9-17)23-15-21-22(25)13-12-20(24-21)18-10-6-3-7-11-18/h2-13,15-16H,14H2,1H3. The topological polar surface area (TPSA) is 62.6 Å². The van der Waals surface area contributed by atoms with Crippen LogP contribution in [0.2, 0.25) is 0 Å². The smallest absolute Gasteiger partial charge is 0.236 e. The Morgan fingerprint density at radius 1 is 0.893 bits per heavy atom. The lowest BCUT2D eigenvalue weighted by atomic mass is 10.1. The molecule has 0 radical (unpaired) electrons. The van der Waals surface area contributed by atoms with Crippen molar-refractivity contribution in [1.29, 1.82) is 0 Å². The molecule has 3 aromatic rings. The Morgan fingerprint density at radius 3 is 2.25 bits per heavy atom. The van der Waals surface area contributed by atoms with Crippen molar-refractivity contribution < 1.29 is 8.42 Å². The van der Waals surface area contributed by atoms with Crippen molar-refractivity contribution in [3.05, 3.63) is 96.0 Å². The van der Waals surface area contributed by atoms with E-state index in [1.165, 1.54) is 10.6 Å². The van der Waals surface area contributed by atoms with Crippen molar-refractivity contribution >= 4 is 21.9 Å². The SMILES string of the molecule is CS(=O)(=O)N1C=C(Cc2ccccc2)N=Cc2nc(-c3ccccc3)ccc21. The molecule has 4 rings (SSSR count). The number of benzene rings is 2. The normalized spacial score (nSPS) is 13.6. The van der Waals surface area contributed by atoms with E-state index in [2.05, 4.69) is 9.98 Å². The van der Waals surface area contributed by atoms with Gasteiger partial charge in [-0.2, -0.15) is 0 Å². The van der Waals surface area contributed by atoms with Crippen LogP contribution in [-0.4, -0.2) is 25.9 Å². The lowest BCUT2D eigenvalue weighted by Crippen LogP contribution is -2.25. The third-order valence-electron chi connectivity index (χ3n) is 4.41. The van der Waals surface area contributed by atoms with Crippen molar-refractivity contribution in [3.63, 3.8) is 0 Å². The van der Waals surface area contributed by atoms with Gasteiger partial charge in [-0.15, -0.1) is 0 Å². The zero-order valence-corrected chi connectivity index (χ0v) is 16.2. The molecule has 0 saturated carbocycles. The first-order valence-corrected chi connectivity index (χ1v) is 10.7. The van der Waals surface area contributed by atoms with Gasteiger partial charge in [-0.05, 0) is 17.7 Å². The minimum Gasteiger partial charge on any atom is -0.257 e. The van der Waals surface area contributed by atoms with Gasteiger partial charge in [0.05, 0.1) is 29.5 Å². The molecule has 0 aliphatic carbocycles. The first-order chi connectivity index (χ1) is 13.5. The second-order valence-corrected chi connectivity index (χ2v) is 8.43. The van der Waals surface area contributed by atoms with Crippen LogP contribution in [0, 0.1) is 0 Å². The fraction of sp³-hybridized carbons (Fsp3) is 0.0909. The Balaban J connectivity index is 1.77. The lowest BCUT2D eigenvalue weighted by Gasteiger charge is -2.19. The summed E-state index contributed by atoms with van der Waals surface area (Å²) in [5, 5.41) is 0. The number of anilines is 1. The van der Waals surface area contributed by atoms with Gasteiger partial charge in [0.2, 0.25) is 10.0 Å². The first-order valence-electron chi connectivity index (χ1n) is 8.85. The highest BCUT2D eigenvalue weighted by Gasteiger charge is 2.22. The van der Waals surface area contributed by atoms with E-state index in [0.29, 0.717) is 23.5 Å². The number of pyridine rings is 1. The molecule has 0 saturated heterocycles. The predicted molar refractivity (Wildman–Crippen MR) is 113 cm³/mol. The van der Waals surface area contributed by atoms with Crippen molar-refractivity contribution in [2.75, 3.05) is 10.6 Å². The fourth-order valence-corrected chi connectivity index (χ4v) is 3.90. The van der Waals surface area contributed by atoms with Crippen molar-refractivity contribution in [2.24, 2.45) is 4.99 Å². The summed E-state index contributed by atoms with van der Waals surface area (Å²) >= 11 is 0. The summed E-state index contributed by atoms with van der Waals surface area (Å²) in [6.07, 6.45) is 4.93. The molecule has 2 heterocycles. The Kier molecular flexibility index (Phi) is 4.79. The summed E-state index contributed by atoms with van der Waals surface area (Å²) in [7, 11) is -3.53. The summed E-state index contributed by atoms with van der Waals surface area (Å²) in [6, 6.07) is 23.2. The van der Waals surface area contributed by atoms with E-state index >= 15 is 0 Å². The van der Waals surface area contributed by atoms with E-state index in [4.69, 9.17) is 0 Å². The maximum Gasteiger partial charge on any atom is 0.236 e. The van der Waals surface area contributed by atoms with Gasteiger partial charge in [0, 0.05) is 18.2 Å². The monoisotopic (exact) mass is 389 g/mol. The maximum atomic E-state index is 12.5. The second-order valence-electron chi connectivity index (χ2n) is 6.57. The summed E-state index contributed by atoms with van der Waals surface area (Å²) < 4.78 is 26.2. The highest BCUT2D eigenvalue weighted by Crippen LogP contribution is 2.28. The molecule has 0 unspecified atom stereocenters. The van der Waals surface area contributed by atoms with Crippen molar-refractivity contribution in [3.8, 4) is 11.3 Å². The van der Waals surface area contributed by atoms with E-state index in [1.54, 1.807) is 18.5 Å². The van der Waals surface area contributed by atoms with Gasteiger partial charge in [-0.3, -0.25) is 4.99 Å². The summed E-state index contributed by atoms with van der Waals surface area (Å²) in [5.74, 6) is 0. The second kappa shape index (κ2) is 7.40. The van der Waals surface area contributed by atoms with Gasteiger partial charge < -0.3 is 0 Å². The van der Waals surface area contributed by atoms with E-state index in [9.17, 15) is 8.42 Å². The number of allylic oxidation sites excluding steroid dienone is 1. The molecule has 0 atom stereocenters. The molecular formula is C22H19N3O2S. The molecule has 1 aliphatic heterocycles. The van der Waals surface area contributed by atoms with Crippen molar-refractivity contribution in [2.45, 2.75) is 6.42 Å². The van der Waals surface area contributed by atoms with Gasteiger partial charge in [-0.25, -0.2) is 17.7 Å². The lowest BCUT2D eigenvalue weighted by molar-refractivity contribution is 0.601. The Morgan fingerprint density at radius 2 is 1.57 bits per heavy atom. The fourth-order valence-electron chi connectivity index (χ4n) is 3.07. The summed E-state index contributed by atoms with van der Waals surface area (Å²) in [6.45, 7) is 0. The van der Waals surface area contributed by atoms with Crippen LogP contribution in [0.1, 0.15) is 11.3 Å². The number of nitrogens with zero attached hydrogens (tertiary/aromatic N) is 3. The molecular weight excluding hydrogens is 370 g/mol. The van der Waals surface area contributed by atoms with E-state index in [1.807, 2.05) is 66.7 Å². The molecule has 6 heteroatoms. The van der Waals surface area contributed by atoms with Crippen LogP contribution in [0.15, 0.2) is 89.7 Å². The zero-order valence-electron chi connectivity index (χ0n) is 15.4. The van der Waals surface area contributed by atoms with Gasteiger partial charge in [0.15, 0.2) is 0 Å². The minimum absolute atomic E-state index is 0.494. The van der Waals surface area contributed by atoms with Crippen LogP contribution < -0.4 is 4.31 Å². The summed E-state index contributed by atoms with van der Waals surface area (Å²) in [4.78, 5) is 9.19. The largest absolute Gasteiger partial charge is 0.257 e. The van der Waals surface area contributed by atoms with Crippen LogP contribution in [0.4, 0.5) is 5.69 Å². The van der Waals surface area contributed by atoms with Crippen molar-refractivity contribution in [1.82, 2.24) is 4.98 Å². The molecule has 0 bridgehead atoms. The molecule has 1 aliphatic rings. The van der Waals surface area contributed by atoms with E-state index in [-0.39, 0.29) is 0 Å². The third-order valence-corrected chi connectivity index (χ3v) is 5.43. The number of hydrogen-bond donors (Lipinski definition) is 0. The Bertz CT molecular complexity index is 1150. The van der Waals surface area contributed by atoms with E-state index in [0.717, 1.165) is 16.8 Å². The molecule has 28 heavy (non-hydrogen) atoms. The number of aromatic nitrogens is 1. The van der Waals surface area contributed by atoms with Gasteiger partial charge in [0.1, 0.15) is 5.69 Å². The molecule has 0 amide bonds. The number of aliphatic imine (C=N–C) groups is 1. The number of hydrogen-bond acceptors (Lipinski definition) is 4. The van der Waals surface area contributed by atoms with Gasteiger partial charge in [0.25, 0.3) is 0 Å². The minimum atomic E-state index is -3.53. The zero-order chi connectivity index (χ0) is 19.6. The van der Waals surface area contributed by atoms with E-state index < -0.39 is 10.0 Å². The Hall–Kier alpha value is -3.25. The quantitative estimate of drug-likeness (QED) is 0.677. The molecule has 0 fully saturated rings. The molecule has 0 spiro atoms. The number of sulfonamides is 1. The first kappa shape index (κ1) is 18.1. The van der Waals surface area contributed by atoms with Gasteiger partial charge >= 0.3 is 0 Å². The van der Waals surface area contributed by atoms with Crippen LogP contribution in [-0.2, 0) is 16.4 Å². The highest BCUT2D eigenvalue weighted by molar-refractivity contribution is 7.92.